The summed E-state index contributed by atoms with van der Waals surface area (Å²) in [6, 6.07) is 21.6. The second kappa shape index (κ2) is 9.83. The van der Waals surface area contributed by atoms with E-state index in [-0.39, 0.29) is 17.2 Å². The number of fused-ring (bicyclic) bond motifs is 1. The van der Waals surface area contributed by atoms with E-state index >= 15 is 0 Å². The molecule has 4 aromatic rings. The van der Waals surface area contributed by atoms with Gasteiger partial charge in [0.25, 0.3) is 5.56 Å². The maximum Gasteiger partial charge on any atom is 0.387 e. The summed E-state index contributed by atoms with van der Waals surface area (Å²) in [5, 5.41) is 2.96. The van der Waals surface area contributed by atoms with Crippen LogP contribution in [0, 0.1) is 0 Å². The molecule has 168 valence electrons. The molecule has 9 heteroatoms. The van der Waals surface area contributed by atoms with Crippen molar-refractivity contribution in [1.82, 2.24) is 9.55 Å². The first-order valence-electron chi connectivity index (χ1n) is 10.0. The molecule has 0 bridgehead atoms. The molecule has 0 unspecified atom stereocenters. The Balaban J connectivity index is 1.71. The number of alkyl halides is 2. The van der Waals surface area contributed by atoms with Crippen molar-refractivity contribution in [3.8, 4) is 11.4 Å². The number of amides is 1. The smallest absolute Gasteiger partial charge is 0.387 e. The first-order chi connectivity index (χ1) is 15.9. The van der Waals surface area contributed by atoms with E-state index in [1.54, 1.807) is 43.3 Å². The zero-order valence-electron chi connectivity index (χ0n) is 17.4. The number of para-hydroxylation sites is 2. The third-order valence-corrected chi connectivity index (χ3v) is 5.81. The number of nitrogens with one attached hydrogen (secondary N) is 1. The average Bonchev–Trinajstić information content (AvgIpc) is 2.80. The van der Waals surface area contributed by atoms with E-state index in [0.717, 1.165) is 11.8 Å². The van der Waals surface area contributed by atoms with Crippen LogP contribution in [0.5, 0.6) is 5.75 Å². The third kappa shape index (κ3) is 5.20. The maximum absolute atomic E-state index is 13.3. The minimum atomic E-state index is -2.95. The van der Waals surface area contributed by atoms with Gasteiger partial charge in [-0.05, 0) is 55.5 Å². The van der Waals surface area contributed by atoms with Crippen LogP contribution in [0.1, 0.15) is 6.92 Å². The van der Waals surface area contributed by atoms with Gasteiger partial charge < -0.3 is 10.1 Å². The van der Waals surface area contributed by atoms with Gasteiger partial charge >= 0.3 is 6.61 Å². The van der Waals surface area contributed by atoms with E-state index in [1.807, 2.05) is 18.2 Å². The second-order valence-electron chi connectivity index (χ2n) is 7.04. The molecule has 0 fully saturated rings. The number of hydrogen-bond donors (Lipinski definition) is 1. The lowest BCUT2D eigenvalue weighted by molar-refractivity contribution is -0.115. The Morgan fingerprint density at radius 3 is 2.36 bits per heavy atom. The first kappa shape index (κ1) is 22.5. The predicted molar refractivity (Wildman–Crippen MR) is 124 cm³/mol. The van der Waals surface area contributed by atoms with E-state index in [4.69, 9.17) is 0 Å². The Hall–Kier alpha value is -3.72. The van der Waals surface area contributed by atoms with Gasteiger partial charge in [-0.3, -0.25) is 14.2 Å². The number of anilines is 1. The SMILES string of the molecule is C[C@H](Sc1nc2ccccc2c(=O)n1-c1ccc(OC(F)F)cc1)C(=O)Nc1ccccc1. The van der Waals surface area contributed by atoms with Gasteiger partial charge in [-0.15, -0.1) is 0 Å². The number of nitrogens with zero attached hydrogens (tertiary/aromatic N) is 2. The number of rotatable bonds is 7. The molecule has 33 heavy (non-hydrogen) atoms. The molecule has 0 aliphatic rings. The first-order valence-corrected chi connectivity index (χ1v) is 10.9. The fourth-order valence-electron chi connectivity index (χ4n) is 3.17. The third-order valence-electron chi connectivity index (χ3n) is 4.76. The van der Waals surface area contributed by atoms with Gasteiger partial charge in [-0.2, -0.15) is 8.78 Å². The standard InChI is InChI=1S/C24H19F2N3O3S/c1-15(21(30)27-16-7-3-2-4-8-16)33-24-28-20-10-6-5-9-19(20)22(31)29(24)17-11-13-18(14-12-17)32-23(25)26/h2-15,23H,1H3,(H,27,30)/t15-/m0/s1. The molecule has 6 nitrogen and oxygen atoms in total. The molecule has 0 aliphatic carbocycles. The number of aromatic nitrogens is 2. The van der Waals surface area contributed by atoms with Gasteiger partial charge in [-0.1, -0.05) is 42.1 Å². The number of halogens is 2. The molecule has 4 rings (SSSR count). The summed E-state index contributed by atoms with van der Waals surface area (Å²) < 4.78 is 30.7. The zero-order valence-corrected chi connectivity index (χ0v) is 18.3. The number of carbonyl (C=O) groups is 1. The van der Waals surface area contributed by atoms with Crippen LogP contribution in [-0.4, -0.2) is 27.3 Å². The largest absolute Gasteiger partial charge is 0.435 e. The van der Waals surface area contributed by atoms with Gasteiger partial charge in [0.15, 0.2) is 5.16 Å². The Labute approximate surface area is 192 Å². The van der Waals surface area contributed by atoms with Crippen molar-refractivity contribution in [2.24, 2.45) is 0 Å². The van der Waals surface area contributed by atoms with Crippen LogP contribution in [-0.2, 0) is 4.79 Å². The van der Waals surface area contributed by atoms with Crippen molar-refractivity contribution >= 4 is 34.3 Å². The van der Waals surface area contributed by atoms with Crippen molar-refractivity contribution in [2.45, 2.75) is 23.9 Å². The molecular formula is C24H19F2N3O3S. The fourth-order valence-corrected chi connectivity index (χ4v) is 4.10. The molecule has 1 amide bonds. The van der Waals surface area contributed by atoms with Gasteiger partial charge in [0, 0.05) is 5.69 Å². The van der Waals surface area contributed by atoms with Crippen LogP contribution in [0.2, 0.25) is 0 Å². The van der Waals surface area contributed by atoms with Crippen molar-refractivity contribution in [3.63, 3.8) is 0 Å². The Bertz CT molecular complexity index is 1330. The number of benzene rings is 3. The Morgan fingerprint density at radius 2 is 1.67 bits per heavy atom. The number of carbonyl (C=O) groups excluding carboxylic acids is 1. The Kier molecular flexibility index (Phi) is 6.69. The quantitative estimate of drug-likeness (QED) is 0.302. The summed E-state index contributed by atoms with van der Waals surface area (Å²) in [6.45, 7) is -1.23. The number of thioether (sulfide) groups is 1. The molecule has 0 spiro atoms. The molecule has 1 aromatic heterocycles. The summed E-state index contributed by atoms with van der Waals surface area (Å²) >= 11 is 1.12. The molecule has 1 heterocycles. The van der Waals surface area contributed by atoms with Crippen molar-refractivity contribution < 1.29 is 18.3 Å². The average molecular weight is 467 g/mol. The maximum atomic E-state index is 13.3. The topological polar surface area (TPSA) is 73.2 Å². The lowest BCUT2D eigenvalue weighted by Gasteiger charge is -2.17. The Morgan fingerprint density at radius 1 is 1.00 bits per heavy atom. The molecule has 1 atom stereocenters. The minimum Gasteiger partial charge on any atom is -0.435 e. The van der Waals surface area contributed by atoms with E-state index in [9.17, 15) is 18.4 Å². The molecule has 3 aromatic carbocycles. The molecular weight excluding hydrogens is 448 g/mol. The zero-order chi connectivity index (χ0) is 23.4. The van der Waals surface area contributed by atoms with Crippen LogP contribution in [0.4, 0.5) is 14.5 Å². The van der Waals surface area contributed by atoms with Crippen molar-refractivity contribution in [1.29, 1.82) is 0 Å². The van der Waals surface area contributed by atoms with Crippen LogP contribution in [0.3, 0.4) is 0 Å². The summed E-state index contributed by atoms with van der Waals surface area (Å²) in [5.41, 5.74) is 1.24. The summed E-state index contributed by atoms with van der Waals surface area (Å²) in [4.78, 5) is 30.6. The van der Waals surface area contributed by atoms with Gasteiger partial charge in [0.2, 0.25) is 5.91 Å². The minimum absolute atomic E-state index is 0.0274. The second-order valence-corrected chi connectivity index (χ2v) is 8.35. The highest BCUT2D eigenvalue weighted by atomic mass is 32.2. The van der Waals surface area contributed by atoms with E-state index in [0.29, 0.717) is 27.4 Å². The summed E-state index contributed by atoms with van der Waals surface area (Å²) in [5.74, 6) is -0.277. The molecule has 0 saturated carbocycles. The lowest BCUT2D eigenvalue weighted by Crippen LogP contribution is -2.26. The monoisotopic (exact) mass is 467 g/mol. The van der Waals surface area contributed by atoms with E-state index in [1.165, 1.54) is 28.8 Å². The van der Waals surface area contributed by atoms with Crippen LogP contribution >= 0.6 is 11.8 Å². The lowest BCUT2D eigenvalue weighted by atomic mass is 10.2. The van der Waals surface area contributed by atoms with E-state index in [2.05, 4.69) is 15.0 Å². The fraction of sp³-hybridized carbons (Fsp3) is 0.125. The van der Waals surface area contributed by atoms with Crippen LogP contribution in [0.15, 0.2) is 88.8 Å². The van der Waals surface area contributed by atoms with Crippen molar-refractivity contribution in [2.75, 3.05) is 5.32 Å². The van der Waals surface area contributed by atoms with Crippen LogP contribution in [0.25, 0.3) is 16.6 Å². The van der Waals surface area contributed by atoms with E-state index < -0.39 is 11.9 Å². The molecule has 1 N–H and O–H groups in total. The number of hydrogen-bond acceptors (Lipinski definition) is 5. The van der Waals surface area contributed by atoms with Gasteiger partial charge in [0.1, 0.15) is 5.75 Å². The molecule has 0 radical (unpaired) electrons. The highest BCUT2D eigenvalue weighted by Crippen LogP contribution is 2.27. The summed E-state index contributed by atoms with van der Waals surface area (Å²) in [7, 11) is 0. The highest BCUT2D eigenvalue weighted by molar-refractivity contribution is 8.00. The summed E-state index contributed by atoms with van der Waals surface area (Å²) in [6.07, 6.45) is 0. The normalized spacial score (nSPS) is 12.0. The van der Waals surface area contributed by atoms with Crippen molar-refractivity contribution in [3.05, 3.63) is 89.2 Å². The predicted octanol–water partition coefficient (Wildman–Crippen LogP) is 5.11. The molecule has 0 aliphatic heterocycles. The highest BCUT2D eigenvalue weighted by Gasteiger charge is 2.20. The van der Waals surface area contributed by atoms with Crippen LogP contribution < -0.4 is 15.6 Å². The number of ether oxygens (including phenoxy) is 1. The van der Waals surface area contributed by atoms with Gasteiger partial charge in [-0.25, -0.2) is 4.98 Å². The van der Waals surface area contributed by atoms with Gasteiger partial charge in [0.05, 0.1) is 21.8 Å². The molecule has 0 saturated heterocycles.